The van der Waals surface area contributed by atoms with E-state index in [0.29, 0.717) is 12.1 Å². The third-order valence-corrected chi connectivity index (χ3v) is 6.44. The van der Waals surface area contributed by atoms with Crippen molar-refractivity contribution in [2.45, 2.75) is 45.3 Å². The summed E-state index contributed by atoms with van der Waals surface area (Å²) >= 11 is 0. The van der Waals surface area contributed by atoms with Gasteiger partial charge < -0.3 is 25.4 Å². The second-order valence-electron chi connectivity index (χ2n) is 9.16. The van der Waals surface area contributed by atoms with Crippen LogP contribution in [0.3, 0.4) is 0 Å². The Labute approximate surface area is 217 Å². The fraction of sp³-hybridized carbons (Fsp3) is 0.345. The number of piperidine rings is 1. The van der Waals surface area contributed by atoms with Crippen LogP contribution >= 0.6 is 0 Å². The van der Waals surface area contributed by atoms with E-state index in [0.717, 1.165) is 53.7 Å². The first kappa shape index (κ1) is 26.2. The fourth-order valence-electron chi connectivity index (χ4n) is 4.46. The van der Waals surface area contributed by atoms with Crippen LogP contribution in [0.4, 0.5) is 5.69 Å². The summed E-state index contributed by atoms with van der Waals surface area (Å²) in [5.74, 6) is 0.230. The molecule has 0 saturated carbocycles. The van der Waals surface area contributed by atoms with Crippen LogP contribution in [0.5, 0.6) is 5.75 Å². The molecule has 3 aromatic carbocycles. The number of amides is 1. The summed E-state index contributed by atoms with van der Waals surface area (Å²) in [6, 6.07) is 19.2. The van der Waals surface area contributed by atoms with E-state index in [1.807, 2.05) is 60.7 Å². The molecular formula is C29H34N4O4. The first-order valence-electron chi connectivity index (χ1n) is 12.7. The van der Waals surface area contributed by atoms with E-state index in [-0.39, 0.29) is 43.3 Å². The van der Waals surface area contributed by atoms with E-state index in [1.165, 1.54) is 0 Å². The molecule has 8 heteroatoms. The predicted molar refractivity (Wildman–Crippen MR) is 145 cm³/mol. The van der Waals surface area contributed by atoms with Crippen molar-refractivity contribution in [1.29, 1.82) is 5.41 Å². The lowest BCUT2D eigenvalue weighted by atomic mass is 10.0. The maximum Gasteiger partial charge on any atom is 0.306 e. The zero-order valence-electron chi connectivity index (χ0n) is 21.2. The Bertz CT molecular complexity index is 1250. The highest BCUT2D eigenvalue weighted by Crippen LogP contribution is 2.26. The van der Waals surface area contributed by atoms with Gasteiger partial charge in [-0.1, -0.05) is 24.3 Å². The maximum atomic E-state index is 13.3. The monoisotopic (exact) mass is 502 g/mol. The summed E-state index contributed by atoms with van der Waals surface area (Å²) in [6.07, 6.45) is 2.20. The number of ether oxygens (including phenoxy) is 2. The third-order valence-electron chi connectivity index (χ3n) is 6.44. The number of carbonyl (C=O) groups excluding carboxylic acids is 2. The van der Waals surface area contributed by atoms with Crippen LogP contribution in [-0.2, 0) is 20.9 Å². The van der Waals surface area contributed by atoms with Crippen molar-refractivity contribution in [3.05, 3.63) is 71.8 Å². The number of carbonyl (C=O) groups is 2. The van der Waals surface area contributed by atoms with Crippen molar-refractivity contribution < 1.29 is 19.1 Å². The molecule has 37 heavy (non-hydrogen) atoms. The molecule has 4 N–H and O–H groups in total. The highest BCUT2D eigenvalue weighted by molar-refractivity contribution is 5.99. The van der Waals surface area contributed by atoms with Crippen LogP contribution in [0.25, 0.3) is 10.8 Å². The van der Waals surface area contributed by atoms with Gasteiger partial charge in [-0.05, 0) is 85.6 Å². The number of hydrogen-bond acceptors (Lipinski definition) is 6. The Morgan fingerprint density at radius 1 is 1.00 bits per heavy atom. The van der Waals surface area contributed by atoms with Crippen LogP contribution < -0.4 is 20.7 Å². The third kappa shape index (κ3) is 7.07. The molecule has 0 aromatic heterocycles. The SMILES string of the molecule is CCOC(=O)CCC(=O)N(Cc1ccc2ccc(C(=N)N)cc2c1)c1ccc(OC2CCNCC2)cc1. The van der Waals surface area contributed by atoms with Crippen molar-refractivity contribution in [3.63, 3.8) is 0 Å². The van der Waals surface area contributed by atoms with Gasteiger partial charge in [0.05, 0.1) is 19.6 Å². The summed E-state index contributed by atoms with van der Waals surface area (Å²) in [6.45, 7) is 4.26. The molecule has 0 aliphatic carbocycles. The van der Waals surface area contributed by atoms with Crippen molar-refractivity contribution in [3.8, 4) is 5.75 Å². The number of hydrogen-bond donors (Lipinski definition) is 3. The molecule has 1 fully saturated rings. The lowest BCUT2D eigenvalue weighted by Gasteiger charge is -2.25. The largest absolute Gasteiger partial charge is 0.490 e. The molecule has 1 aliphatic heterocycles. The Morgan fingerprint density at radius 3 is 2.43 bits per heavy atom. The maximum absolute atomic E-state index is 13.3. The molecule has 1 heterocycles. The van der Waals surface area contributed by atoms with Gasteiger partial charge in [-0.2, -0.15) is 0 Å². The van der Waals surface area contributed by atoms with Gasteiger partial charge in [0.2, 0.25) is 5.91 Å². The van der Waals surface area contributed by atoms with Crippen LogP contribution in [-0.4, -0.2) is 43.5 Å². The zero-order valence-corrected chi connectivity index (χ0v) is 21.2. The van der Waals surface area contributed by atoms with E-state index < -0.39 is 0 Å². The minimum atomic E-state index is -0.385. The van der Waals surface area contributed by atoms with Crippen molar-refractivity contribution in [2.75, 3.05) is 24.6 Å². The molecule has 0 bridgehead atoms. The highest BCUT2D eigenvalue weighted by atomic mass is 16.5. The van der Waals surface area contributed by atoms with E-state index in [4.69, 9.17) is 20.6 Å². The molecule has 1 amide bonds. The Hall–Kier alpha value is -3.91. The summed E-state index contributed by atoms with van der Waals surface area (Å²) < 4.78 is 11.1. The second-order valence-corrected chi connectivity index (χ2v) is 9.16. The number of nitrogens with zero attached hydrogens (tertiary/aromatic N) is 1. The van der Waals surface area contributed by atoms with Gasteiger partial charge in [0.15, 0.2) is 0 Å². The minimum Gasteiger partial charge on any atom is -0.490 e. The van der Waals surface area contributed by atoms with Gasteiger partial charge in [-0.25, -0.2) is 0 Å². The average Bonchev–Trinajstić information content (AvgIpc) is 2.91. The normalized spacial score (nSPS) is 13.8. The van der Waals surface area contributed by atoms with Gasteiger partial charge >= 0.3 is 5.97 Å². The number of benzene rings is 3. The molecule has 3 aromatic rings. The Kier molecular flexibility index (Phi) is 8.74. The van der Waals surface area contributed by atoms with Gasteiger partial charge in [-0.15, -0.1) is 0 Å². The van der Waals surface area contributed by atoms with Crippen molar-refractivity contribution in [2.24, 2.45) is 5.73 Å². The van der Waals surface area contributed by atoms with Crippen molar-refractivity contribution >= 4 is 34.2 Å². The lowest BCUT2D eigenvalue weighted by Crippen LogP contribution is -2.34. The summed E-state index contributed by atoms with van der Waals surface area (Å²) in [7, 11) is 0. The van der Waals surface area contributed by atoms with Crippen LogP contribution in [0.2, 0.25) is 0 Å². The van der Waals surface area contributed by atoms with Crippen LogP contribution in [0.1, 0.15) is 43.7 Å². The molecule has 1 aliphatic rings. The molecule has 1 saturated heterocycles. The van der Waals surface area contributed by atoms with E-state index >= 15 is 0 Å². The summed E-state index contributed by atoms with van der Waals surface area (Å²) in [4.78, 5) is 26.9. The molecule has 0 atom stereocenters. The molecule has 194 valence electrons. The van der Waals surface area contributed by atoms with Crippen molar-refractivity contribution in [1.82, 2.24) is 5.32 Å². The number of anilines is 1. The Balaban J connectivity index is 1.56. The van der Waals surface area contributed by atoms with Gasteiger partial charge in [0, 0.05) is 17.7 Å². The van der Waals surface area contributed by atoms with E-state index in [1.54, 1.807) is 11.8 Å². The topological polar surface area (TPSA) is 118 Å². The summed E-state index contributed by atoms with van der Waals surface area (Å²) in [5, 5.41) is 13.0. The molecule has 0 radical (unpaired) electrons. The number of rotatable bonds is 10. The highest BCUT2D eigenvalue weighted by Gasteiger charge is 2.19. The lowest BCUT2D eigenvalue weighted by molar-refractivity contribution is -0.144. The van der Waals surface area contributed by atoms with Gasteiger partial charge in [0.1, 0.15) is 17.7 Å². The minimum absolute atomic E-state index is 0.00914. The zero-order chi connectivity index (χ0) is 26.2. The summed E-state index contributed by atoms with van der Waals surface area (Å²) in [5.41, 5.74) is 7.97. The first-order chi connectivity index (χ1) is 17.9. The molecule has 4 rings (SSSR count). The number of nitrogens with two attached hydrogens (primary N) is 1. The molecular weight excluding hydrogens is 468 g/mol. The van der Waals surface area contributed by atoms with Crippen LogP contribution in [0, 0.1) is 5.41 Å². The second kappa shape index (κ2) is 12.4. The number of amidine groups is 1. The predicted octanol–water partition coefficient (Wildman–Crippen LogP) is 4.13. The average molecular weight is 503 g/mol. The molecule has 0 spiro atoms. The smallest absolute Gasteiger partial charge is 0.306 e. The van der Waals surface area contributed by atoms with E-state index in [2.05, 4.69) is 5.32 Å². The number of nitrogens with one attached hydrogen (secondary N) is 2. The quantitative estimate of drug-likeness (QED) is 0.218. The van der Waals surface area contributed by atoms with E-state index in [9.17, 15) is 9.59 Å². The first-order valence-corrected chi connectivity index (χ1v) is 12.7. The number of esters is 1. The Morgan fingerprint density at radius 2 is 1.73 bits per heavy atom. The van der Waals surface area contributed by atoms with Gasteiger partial charge in [-0.3, -0.25) is 15.0 Å². The number of fused-ring (bicyclic) bond motifs is 1. The standard InChI is InChI=1S/C29H34N4O4/c1-2-36-28(35)12-11-27(34)33(24-7-9-25(10-8-24)37-26-13-15-32-16-14-26)19-20-3-4-21-5-6-22(29(30)31)18-23(21)17-20/h3-10,17-18,26,32H,2,11-16,19H2,1H3,(H3,30,31). The van der Waals surface area contributed by atoms with Crippen LogP contribution in [0.15, 0.2) is 60.7 Å². The van der Waals surface area contributed by atoms with Gasteiger partial charge in [0.25, 0.3) is 0 Å². The molecule has 8 nitrogen and oxygen atoms in total. The fourth-order valence-corrected chi connectivity index (χ4v) is 4.46. The molecule has 0 unspecified atom stereocenters. The number of nitrogen functional groups attached to an aromatic ring is 1.